The van der Waals surface area contributed by atoms with Gasteiger partial charge in [0, 0.05) is 58.2 Å². The van der Waals surface area contributed by atoms with E-state index in [0.29, 0.717) is 52.1 Å². The number of benzene rings is 3. The molecule has 0 bridgehead atoms. The van der Waals surface area contributed by atoms with Gasteiger partial charge in [0.25, 0.3) is 0 Å². The average Bonchev–Trinajstić information content (AvgIpc) is 3.52. The molecule has 41 heavy (non-hydrogen) atoms. The Bertz CT molecular complexity index is 1660. The Morgan fingerprint density at radius 2 is 1.98 bits per heavy atom. The molecule has 3 aromatic rings. The Labute approximate surface area is 246 Å². The van der Waals surface area contributed by atoms with Gasteiger partial charge in [-0.15, -0.1) is 0 Å². The number of rotatable bonds is 5. The Morgan fingerprint density at radius 3 is 2.68 bits per heavy atom. The SMILES string of the molecule is Nc1cc(C(=O)O)ccc1C1=N[C@@H]2[C@H](C1)N(CC1CCC1)[C@@]1(C(=O)Nc3cc(Cl)ccc31)[C@H]2c1cccc(Cl)c1F. The van der Waals surface area contributed by atoms with Crippen LogP contribution in [0.25, 0.3) is 0 Å². The first-order valence-corrected chi connectivity index (χ1v) is 14.5. The van der Waals surface area contributed by atoms with E-state index in [-0.39, 0.29) is 22.5 Å². The summed E-state index contributed by atoms with van der Waals surface area (Å²) >= 11 is 12.7. The quantitative estimate of drug-likeness (QED) is 0.311. The molecule has 1 saturated carbocycles. The second kappa shape index (κ2) is 9.54. The first-order valence-electron chi connectivity index (χ1n) is 13.7. The number of nitrogens with two attached hydrogens (primary N) is 1. The highest BCUT2D eigenvalue weighted by Crippen LogP contribution is 2.61. The normalized spacial score (nSPS) is 27.0. The van der Waals surface area contributed by atoms with Crippen LogP contribution in [0.15, 0.2) is 59.6 Å². The van der Waals surface area contributed by atoms with Crippen LogP contribution in [0.2, 0.25) is 10.0 Å². The Morgan fingerprint density at radius 1 is 1.17 bits per heavy atom. The largest absolute Gasteiger partial charge is 0.478 e. The topological polar surface area (TPSA) is 108 Å². The summed E-state index contributed by atoms with van der Waals surface area (Å²) in [5.74, 6) is -2.14. The van der Waals surface area contributed by atoms with Gasteiger partial charge in [-0.3, -0.25) is 14.7 Å². The summed E-state index contributed by atoms with van der Waals surface area (Å²) < 4.78 is 16.0. The molecule has 0 unspecified atom stereocenters. The fraction of sp³-hybridized carbons (Fsp3) is 0.323. The lowest BCUT2D eigenvalue weighted by Crippen LogP contribution is -2.54. The first kappa shape index (κ1) is 26.4. The van der Waals surface area contributed by atoms with Crippen molar-refractivity contribution in [2.24, 2.45) is 10.9 Å². The number of nitrogens with zero attached hydrogens (tertiary/aromatic N) is 2. The van der Waals surface area contributed by atoms with Crippen molar-refractivity contribution < 1.29 is 19.1 Å². The molecule has 4 aliphatic rings. The van der Waals surface area contributed by atoms with Crippen molar-refractivity contribution in [3.8, 4) is 0 Å². The lowest BCUT2D eigenvalue weighted by molar-refractivity contribution is -0.128. The molecule has 4 N–H and O–H groups in total. The highest BCUT2D eigenvalue weighted by molar-refractivity contribution is 6.31. The summed E-state index contributed by atoms with van der Waals surface area (Å²) in [7, 11) is 0. The van der Waals surface area contributed by atoms with E-state index in [1.54, 1.807) is 30.3 Å². The third-order valence-electron chi connectivity index (χ3n) is 9.34. The van der Waals surface area contributed by atoms with Gasteiger partial charge in [-0.1, -0.05) is 53.9 Å². The molecule has 4 atom stereocenters. The molecule has 3 heterocycles. The van der Waals surface area contributed by atoms with Crippen LogP contribution in [0.1, 0.15) is 58.6 Å². The van der Waals surface area contributed by atoms with Gasteiger partial charge in [0.1, 0.15) is 11.4 Å². The molecule has 0 aromatic heterocycles. The van der Waals surface area contributed by atoms with Crippen molar-refractivity contribution in [3.63, 3.8) is 0 Å². The van der Waals surface area contributed by atoms with Gasteiger partial charge in [0.05, 0.1) is 16.6 Å². The molecule has 2 fully saturated rings. The van der Waals surface area contributed by atoms with Crippen LogP contribution in [0.4, 0.5) is 15.8 Å². The Kier molecular flexibility index (Phi) is 6.15. The van der Waals surface area contributed by atoms with Crippen LogP contribution in [-0.4, -0.2) is 46.2 Å². The molecule has 3 aliphatic heterocycles. The minimum absolute atomic E-state index is 0.0166. The van der Waals surface area contributed by atoms with Gasteiger partial charge >= 0.3 is 5.97 Å². The van der Waals surface area contributed by atoms with Gasteiger partial charge in [0.2, 0.25) is 5.91 Å². The smallest absolute Gasteiger partial charge is 0.335 e. The number of likely N-dealkylation sites (tertiary alicyclic amines) is 1. The van der Waals surface area contributed by atoms with Crippen molar-refractivity contribution in [1.29, 1.82) is 0 Å². The van der Waals surface area contributed by atoms with Crippen LogP contribution in [-0.2, 0) is 10.3 Å². The number of aliphatic imine (C=N–C) groups is 1. The lowest BCUT2D eigenvalue weighted by atomic mass is 9.73. The summed E-state index contributed by atoms with van der Waals surface area (Å²) in [5.41, 5.74) is 8.58. The molecule has 3 aromatic carbocycles. The highest BCUT2D eigenvalue weighted by Gasteiger charge is 2.68. The maximum Gasteiger partial charge on any atom is 0.335 e. The summed E-state index contributed by atoms with van der Waals surface area (Å²) in [6.45, 7) is 0.658. The van der Waals surface area contributed by atoms with Crippen LogP contribution in [0.5, 0.6) is 0 Å². The van der Waals surface area contributed by atoms with Crippen molar-refractivity contribution in [1.82, 2.24) is 4.90 Å². The zero-order valence-electron chi connectivity index (χ0n) is 21.9. The van der Waals surface area contributed by atoms with E-state index in [1.807, 2.05) is 6.07 Å². The van der Waals surface area contributed by atoms with Crippen molar-refractivity contribution in [2.45, 2.75) is 49.2 Å². The monoisotopic (exact) mass is 592 g/mol. The maximum atomic E-state index is 16.0. The van der Waals surface area contributed by atoms with E-state index in [9.17, 15) is 14.7 Å². The van der Waals surface area contributed by atoms with Crippen molar-refractivity contribution >= 4 is 52.2 Å². The number of hydrogen-bond acceptors (Lipinski definition) is 5. The van der Waals surface area contributed by atoms with E-state index in [1.165, 1.54) is 18.2 Å². The van der Waals surface area contributed by atoms with E-state index in [2.05, 4.69) is 10.2 Å². The van der Waals surface area contributed by atoms with Crippen LogP contribution in [0.3, 0.4) is 0 Å². The number of nitrogen functional groups attached to an aromatic ring is 1. The standard InChI is InChI=1S/C31H27Cl2FN4O3/c32-17-8-10-20-24(12-17)37-30(41)31(20)26(19-5-2-6-21(33)27(19)34)28-25(38(31)14-15-3-1-4-15)13-23(36-28)18-9-7-16(29(39)40)11-22(18)35/h2,5-12,15,25-26,28H,1,3-4,13-14,35H2,(H,37,41)(H,39,40)/t25-,26-,28+,31+/m0/s1. The van der Waals surface area contributed by atoms with Crippen LogP contribution in [0, 0.1) is 11.7 Å². The second-order valence-corrected chi connectivity index (χ2v) is 12.3. The third-order valence-corrected chi connectivity index (χ3v) is 9.87. The molecule has 1 spiro atoms. The number of hydrogen-bond donors (Lipinski definition) is 3. The number of amides is 1. The van der Waals surface area contributed by atoms with Gasteiger partial charge in [-0.05, 0) is 54.7 Å². The number of nitrogens with one attached hydrogen (secondary N) is 1. The third kappa shape index (κ3) is 3.84. The molecule has 1 amide bonds. The van der Waals surface area contributed by atoms with E-state index >= 15 is 4.39 Å². The van der Waals surface area contributed by atoms with Crippen LogP contribution >= 0.6 is 23.2 Å². The highest BCUT2D eigenvalue weighted by atomic mass is 35.5. The molecule has 7 rings (SSSR count). The number of carboxylic acids is 1. The van der Waals surface area contributed by atoms with E-state index in [0.717, 1.165) is 24.8 Å². The number of carbonyl (C=O) groups excluding carboxylic acids is 1. The molecule has 10 heteroatoms. The average molecular weight is 593 g/mol. The fourth-order valence-electron chi connectivity index (χ4n) is 7.34. The van der Waals surface area contributed by atoms with Crippen LogP contribution < -0.4 is 11.1 Å². The van der Waals surface area contributed by atoms with Crippen molar-refractivity contribution in [3.05, 3.63) is 92.7 Å². The fourth-order valence-corrected chi connectivity index (χ4v) is 7.70. The number of anilines is 2. The lowest BCUT2D eigenvalue weighted by Gasteiger charge is -2.43. The minimum Gasteiger partial charge on any atom is -0.478 e. The Hall–Kier alpha value is -3.46. The van der Waals surface area contributed by atoms with Gasteiger partial charge in [0.15, 0.2) is 0 Å². The second-order valence-electron chi connectivity index (χ2n) is 11.4. The molecule has 210 valence electrons. The summed E-state index contributed by atoms with van der Waals surface area (Å²) in [6.07, 6.45) is 3.74. The number of halogens is 3. The predicted octanol–water partition coefficient (Wildman–Crippen LogP) is 6.09. The molecule has 1 saturated heterocycles. The minimum atomic E-state index is -1.22. The van der Waals surface area contributed by atoms with Gasteiger partial charge in [-0.25, -0.2) is 9.18 Å². The number of carbonyl (C=O) groups is 2. The number of carboxylic acid groups (broad SMARTS) is 1. The summed E-state index contributed by atoms with van der Waals surface area (Å²) in [6, 6.07) is 14.2. The molecular weight excluding hydrogens is 566 g/mol. The molecular formula is C31H27Cl2FN4O3. The molecule has 7 nitrogen and oxygen atoms in total. The molecule has 0 radical (unpaired) electrons. The number of aromatic carboxylic acids is 1. The van der Waals surface area contributed by atoms with Gasteiger partial charge < -0.3 is 16.2 Å². The summed E-state index contributed by atoms with van der Waals surface area (Å²) in [4.78, 5) is 33.2. The zero-order chi connectivity index (χ0) is 28.6. The van der Waals surface area contributed by atoms with Crippen molar-refractivity contribution in [2.75, 3.05) is 17.6 Å². The Balaban J connectivity index is 1.45. The first-order chi connectivity index (χ1) is 19.7. The van der Waals surface area contributed by atoms with Gasteiger partial charge in [-0.2, -0.15) is 0 Å². The van der Waals surface area contributed by atoms with E-state index in [4.69, 9.17) is 33.9 Å². The molecule has 1 aliphatic carbocycles. The predicted molar refractivity (Wildman–Crippen MR) is 157 cm³/mol. The number of fused-ring (bicyclic) bond motifs is 3. The van der Waals surface area contributed by atoms with E-state index < -0.39 is 29.3 Å². The zero-order valence-corrected chi connectivity index (χ0v) is 23.4. The summed E-state index contributed by atoms with van der Waals surface area (Å²) in [5, 5.41) is 12.9. The maximum absolute atomic E-state index is 16.0.